The van der Waals surface area contributed by atoms with E-state index in [-0.39, 0.29) is 12.0 Å². The number of methoxy groups -OCH3 is 1. The van der Waals surface area contributed by atoms with E-state index < -0.39 is 0 Å². The number of hydrogen-bond donors (Lipinski definition) is 2. The fourth-order valence-corrected chi connectivity index (χ4v) is 1.41. The van der Waals surface area contributed by atoms with Crippen LogP contribution in [0.15, 0.2) is 18.2 Å². The number of ether oxygens (including phenoxy) is 2. The zero-order valence-electron chi connectivity index (χ0n) is 11.0. The van der Waals surface area contributed by atoms with E-state index >= 15 is 0 Å². The van der Waals surface area contributed by atoms with Crippen LogP contribution in [0.2, 0.25) is 0 Å². The molecule has 1 aromatic rings. The van der Waals surface area contributed by atoms with E-state index in [4.69, 9.17) is 15.2 Å². The summed E-state index contributed by atoms with van der Waals surface area (Å²) in [6.07, 6.45) is 0.165. The summed E-state index contributed by atoms with van der Waals surface area (Å²) in [5.74, 6) is 0.335. The predicted molar refractivity (Wildman–Crippen MR) is 70.8 cm³/mol. The molecule has 3 N–H and O–H groups in total. The van der Waals surface area contributed by atoms with E-state index in [0.29, 0.717) is 30.2 Å². The monoisotopic (exact) mass is 252 g/mol. The largest absolute Gasteiger partial charge is 0.495 e. The number of benzene rings is 1. The van der Waals surface area contributed by atoms with E-state index in [1.165, 1.54) is 7.11 Å². The molecular formula is C13H20N2O3. The molecule has 5 heteroatoms. The van der Waals surface area contributed by atoms with Crippen molar-refractivity contribution in [1.82, 2.24) is 5.32 Å². The van der Waals surface area contributed by atoms with Crippen molar-refractivity contribution in [1.29, 1.82) is 0 Å². The van der Waals surface area contributed by atoms with Gasteiger partial charge in [0.1, 0.15) is 5.75 Å². The molecule has 0 aliphatic carbocycles. The van der Waals surface area contributed by atoms with E-state index in [9.17, 15) is 4.79 Å². The zero-order chi connectivity index (χ0) is 13.5. The average Bonchev–Trinajstić information content (AvgIpc) is 2.34. The van der Waals surface area contributed by atoms with E-state index in [0.717, 1.165) is 0 Å². The molecule has 0 heterocycles. The second kappa shape index (κ2) is 6.86. The Labute approximate surface area is 107 Å². The van der Waals surface area contributed by atoms with Gasteiger partial charge in [-0.15, -0.1) is 0 Å². The van der Waals surface area contributed by atoms with E-state index in [1.54, 1.807) is 18.2 Å². The fourth-order valence-electron chi connectivity index (χ4n) is 1.41. The van der Waals surface area contributed by atoms with Gasteiger partial charge in [0.05, 0.1) is 25.5 Å². The third-order valence-electron chi connectivity index (χ3n) is 2.33. The van der Waals surface area contributed by atoms with Gasteiger partial charge in [-0.2, -0.15) is 0 Å². The molecule has 1 amide bonds. The van der Waals surface area contributed by atoms with Crippen LogP contribution in [-0.4, -0.2) is 32.3 Å². The van der Waals surface area contributed by atoms with Crippen LogP contribution in [0, 0.1) is 0 Å². The maximum atomic E-state index is 11.8. The Balaban J connectivity index is 2.51. The summed E-state index contributed by atoms with van der Waals surface area (Å²) in [5.41, 5.74) is 6.71. The van der Waals surface area contributed by atoms with Crippen LogP contribution in [0.5, 0.6) is 5.75 Å². The van der Waals surface area contributed by atoms with Gasteiger partial charge in [0.2, 0.25) is 0 Å². The number of amides is 1. The number of carbonyl (C=O) groups is 1. The van der Waals surface area contributed by atoms with Gasteiger partial charge >= 0.3 is 0 Å². The first kappa shape index (κ1) is 14.3. The molecule has 1 aromatic carbocycles. The van der Waals surface area contributed by atoms with Crippen LogP contribution in [0.4, 0.5) is 5.69 Å². The minimum Gasteiger partial charge on any atom is -0.495 e. The van der Waals surface area contributed by atoms with Gasteiger partial charge < -0.3 is 20.5 Å². The van der Waals surface area contributed by atoms with Crippen molar-refractivity contribution in [2.24, 2.45) is 0 Å². The number of nitrogen functional groups attached to an aromatic ring is 1. The van der Waals surface area contributed by atoms with Crippen molar-refractivity contribution in [3.05, 3.63) is 23.8 Å². The van der Waals surface area contributed by atoms with Crippen molar-refractivity contribution >= 4 is 11.6 Å². The predicted octanol–water partition coefficient (Wildman–Crippen LogP) is 1.43. The molecule has 0 unspecified atom stereocenters. The lowest BCUT2D eigenvalue weighted by molar-refractivity contribution is 0.0746. The smallest absolute Gasteiger partial charge is 0.251 e. The second-order valence-electron chi connectivity index (χ2n) is 4.13. The van der Waals surface area contributed by atoms with Crippen molar-refractivity contribution in [3.8, 4) is 5.75 Å². The molecule has 0 aliphatic heterocycles. The molecule has 0 aromatic heterocycles. The third-order valence-corrected chi connectivity index (χ3v) is 2.33. The first-order valence-corrected chi connectivity index (χ1v) is 5.88. The van der Waals surface area contributed by atoms with Gasteiger partial charge in [-0.05, 0) is 32.0 Å². The normalized spacial score (nSPS) is 10.4. The lowest BCUT2D eigenvalue weighted by atomic mass is 10.2. The van der Waals surface area contributed by atoms with Gasteiger partial charge in [0.15, 0.2) is 0 Å². The topological polar surface area (TPSA) is 73.6 Å². The van der Waals surface area contributed by atoms with E-state index in [2.05, 4.69) is 5.32 Å². The van der Waals surface area contributed by atoms with Crippen molar-refractivity contribution in [2.75, 3.05) is 26.0 Å². The lowest BCUT2D eigenvalue weighted by Gasteiger charge is -2.10. The highest BCUT2D eigenvalue weighted by Gasteiger charge is 2.08. The number of hydrogen-bond acceptors (Lipinski definition) is 4. The highest BCUT2D eigenvalue weighted by molar-refractivity contribution is 5.95. The molecule has 1 rings (SSSR count). The van der Waals surface area contributed by atoms with Crippen molar-refractivity contribution in [2.45, 2.75) is 20.0 Å². The fraction of sp³-hybridized carbons (Fsp3) is 0.462. The summed E-state index contributed by atoms with van der Waals surface area (Å²) in [7, 11) is 1.52. The number of anilines is 1. The minimum absolute atomic E-state index is 0.165. The highest BCUT2D eigenvalue weighted by atomic mass is 16.5. The Morgan fingerprint density at radius 1 is 1.44 bits per heavy atom. The number of nitrogens with one attached hydrogen (secondary N) is 1. The summed E-state index contributed by atoms with van der Waals surface area (Å²) >= 11 is 0. The third kappa shape index (κ3) is 4.25. The summed E-state index contributed by atoms with van der Waals surface area (Å²) in [5, 5.41) is 2.76. The number of nitrogens with two attached hydrogens (primary N) is 1. The Hall–Kier alpha value is -1.75. The molecule has 0 saturated heterocycles. The first-order chi connectivity index (χ1) is 8.54. The van der Waals surface area contributed by atoms with Crippen LogP contribution in [0.1, 0.15) is 24.2 Å². The molecule has 0 bridgehead atoms. The Morgan fingerprint density at radius 3 is 2.78 bits per heavy atom. The maximum absolute atomic E-state index is 11.8. The van der Waals surface area contributed by atoms with Gasteiger partial charge in [0.25, 0.3) is 5.91 Å². The Morgan fingerprint density at radius 2 is 2.17 bits per heavy atom. The van der Waals surface area contributed by atoms with Crippen LogP contribution in [0.25, 0.3) is 0 Å². The van der Waals surface area contributed by atoms with Crippen molar-refractivity contribution < 1.29 is 14.3 Å². The summed E-state index contributed by atoms with van der Waals surface area (Å²) in [6.45, 7) is 4.87. The number of carbonyl (C=O) groups excluding carboxylic acids is 1. The van der Waals surface area contributed by atoms with Gasteiger partial charge in [-0.3, -0.25) is 4.79 Å². The van der Waals surface area contributed by atoms with Crippen molar-refractivity contribution in [3.63, 3.8) is 0 Å². The molecule has 0 spiro atoms. The van der Waals surface area contributed by atoms with Crippen LogP contribution >= 0.6 is 0 Å². The first-order valence-electron chi connectivity index (χ1n) is 5.88. The molecule has 0 aliphatic rings. The summed E-state index contributed by atoms with van der Waals surface area (Å²) in [4.78, 5) is 11.8. The molecule has 18 heavy (non-hydrogen) atoms. The Bertz CT molecular complexity index is 405. The van der Waals surface area contributed by atoms with Crippen LogP contribution in [0.3, 0.4) is 0 Å². The van der Waals surface area contributed by atoms with Gasteiger partial charge in [-0.25, -0.2) is 0 Å². The molecule has 0 radical (unpaired) electrons. The average molecular weight is 252 g/mol. The van der Waals surface area contributed by atoms with Crippen LogP contribution in [-0.2, 0) is 4.74 Å². The molecule has 0 atom stereocenters. The molecular weight excluding hydrogens is 232 g/mol. The SMILES string of the molecule is COc1cc(C(=O)NCCOC(C)C)ccc1N. The summed E-state index contributed by atoms with van der Waals surface area (Å²) < 4.78 is 10.4. The van der Waals surface area contributed by atoms with E-state index in [1.807, 2.05) is 13.8 Å². The quantitative estimate of drug-likeness (QED) is 0.593. The van der Waals surface area contributed by atoms with Gasteiger partial charge in [0, 0.05) is 12.1 Å². The molecule has 0 saturated carbocycles. The lowest BCUT2D eigenvalue weighted by Crippen LogP contribution is -2.28. The van der Waals surface area contributed by atoms with Gasteiger partial charge in [-0.1, -0.05) is 0 Å². The zero-order valence-corrected chi connectivity index (χ0v) is 11.0. The summed E-state index contributed by atoms with van der Waals surface area (Å²) in [6, 6.07) is 4.93. The Kier molecular flexibility index (Phi) is 5.45. The molecule has 100 valence electrons. The minimum atomic E-state index is -0.166. The molecule has 0 fully saturated rings. The molecule has 5 nitrogen and oxygen atoms in total. The highest BCUT2D eigenvalue weighted by Crippen LogP contribution is 2.21. The standard InChI is InChI=1S/C13H20N2O3/c1-9(2)18-7-6-15-13(16)10-4-5-11(14)12(8-10)17-3/h4-5,8-9H,6-7,14H2,1-3H3,(H,15,16). The van der Waals surface area contributed by atoms with Crippen LogP contribution < -0.4 is 15.8 Å². The number of rotatable bonds is 6. The maximum Gasteiger partial charge on any atom is 0.251 e. The second-order valence-corrected chi connectivity index (χ2v) is 4.13.